The molecule has 0 aromatic rings. The van der Waals surface area contributed by atoms with Crippen LogP contribution in [-0.4, -0.2) is 17.1 Å². The maximum absolute atomic E-state index is 10.9. The van der Waals surface area contributed by atoms with Crippen LogP contribution in [0.1, 0.15) is 13.8 Å². The lowest BCUT2D eigenvalue weighted by Gasteiger charge is -2.19. The lowest BCUT2D eigenvalue weighted by Crippen LogP contribution is -2.21. The molecule has 0 aliphatic carbocycles. The van der Waals surface area contributed by atoms with Crippen molar-refractivity contribution in [1.29, 1.82) is 0 Å². The topological polar surface area (TPSA) is 37.4 Å². The van der Waals surface area contributed by atoms with Crippen LogP contribution >= 0.6 is 0 Å². The summed E-state index contributed by atoms with van der Waals surface area (Å²) < 4.78 is 0. The fourth-order valence-electron chi connectivity index (χ4n) is 0.988. The molecule has 0 aromatic carbocycles. The van der Waals surface area contributed by atoms with Crippen molar-refractivity contribution in [3.05, 3.63) is 24.0 Å². The molecular formula is C9H11NO2. The van der Waals surface area contributed by atoms with Crippen molar-refractivity contribution in [2.75, 3.05) is 0 Å². The second-order valence-corrected chi connectivity index (χ2v) is 2.80. The van der Waals surface area contributed by atoms with Gasteiger partial charge in [-0.3, -0.25) is 14.5 Å². The zero-order valence-electron chi connectivity index (χ0n) is 7.15. The van der Waals surface area contributed by atoms with Gasteiger partial charge in [-0.05, 0) is 0 Å². The van der Waals surface area contributed by atoms with E-state index in [1.54, 1.807) is 12.4 Å². The van der Waals surface area contributed by atoms with E-state index in [2.05, 4.69) is 0 Å². The third-order valence-electron chi connectivity index (χ3n) is 1.85. The quantitative estimate of drug-likeness (QED) is 0.545. The summed E-state index contributed by atoms with van der Waals surface area (Å²) in [6, 6.07) is 0. The summed E-state index contributed by atoms with van der Waals surface area (Å²) in [5.41, 5.74) is 0.632. The van der Waals surface area contributed by atoms with E-state index >= 15 is 0 Å². The predicted molar refractivity (Wildman–Crippen MR) is 45.0 cm³/mol. The molecule has 0 fully saturated rings. The van der Waals surface area contributed by atoms with Crippen molar-refractivity contribution < 1.29 is 9.59 Å². The summed E-state index contributed by atoms with van der Waals surface area (Å²) in [5.74, 6) is 0.0237. The maximum Gasteiger partial charge on any atom is 0.227 e. The monoisotopic (exact) mass is 165 g/mol. The van der Waals surface area contributed by atoms with Gasteiger partial charge in [-0.25, -0.2) is 0 Å². The molecule has 1 aliphatic rings. The first kappa shape index (κ1) is 8.71. The number of nitrogens with zero attached hydrogens (tertiary/aromatic N) is 1. The van der Waals surface area contributed by atoms with E-state index < -0.39 is 0 Å². The molecule has 0 saturated carbocycles. The predicted octanol–water partition coefficient (Wildman–Crippen LogP) is 1.08. The molecular weight excluding hydrogens is 154 g/mol. The SMILES string of the molecule is CC(=O)N1C=CC(C)C(C=O)=C1. The molecule has 1 heterocycles. The van der Waals surface area contributed by atoms with Gasteiger partial charge in [0.15, 0.2) is 0 Å². The largest absolute Gasteiger partial charge is 0.298 e. The van der Waals surface area contributed by atoms with E-state index in [9.17, 15) is 9.59 Å². The molecule has 1 amide bonds. The lowest BCUT2D eigenvalue weighted by atomic mass is 10.0. The first-order chi connectivity index (χ1) is 5.65. The Morgan fingerprint density at radius 3 is 2.83 bits per heavy atom. The van der Waals surface area contributed by atoms with Gasteiger partial charge in [-0.2, -0.15) is 0 Å². The molecule has 0 bridgehead atoms. The molecule has 0 aromatic heterocycles. The molecule has 1 aliphatic heterocycles. The van der Waals surface area contributed by atoms with E-state index in [0.29, 0.717) is 5.57 Å². The van der Waals surface area contributed by atoms with Gasteiger partial charge in [-0.1, -0.05) is 13.0 Å². The number of allylic oxidation sites excluding steroid dienone is 2. The summed E-state index contributed by atoms with van der Waals surface area (Å²) in [7, 11) is 0. The molecule has 12 heavy (non-hydrogen) atoms. The van der Waals surface area contributed by atoms with Crippen molar-refractivity contribution in [2.45, 2.75) is 13.8 Å². The molecule has 1 unspecified atom stereocenters. The van der Waals surface area contributed by atoms with E-state index in [0.717, 1.165) is 6.29 Å². The molecule has 0 saturated heterocycles. The Bertz CT molecular complexity index is 266. The Hall–Kier alpha value is -1.38. The van der Waals surface area contributed by atoms with Gasteiger partial charge in [0.2, 0.25) is 5.91 Å². The average Bonchev–Trinajstić information content (AvgIpc) is 2.05. The van der Waals surface area contributed by atoms with Crippen LogP contribution in [0.2, 0.25) is 0 Å². The van der Waals surface area contributed by atoms with Crippen molar-refractivity contribution >= 4 is 12.2 Å². The normalized spacial score (nSPS) is 22.0. The third-order valence-corrected chi connectivity index (χ3v) is 1.85. The van der Waals surface area contributed by atoms with E-state index in [-0.39, 0.29) is 11.8 Å². The maximum atomic E-state index is 10.9. The molecule has 0 spiro atoms. The fourth-order valence-corrected chi connectivity index (χ4v) is 0.988. The van der Waals surface area contributed by atoms with E-state index in [1.807, 2.05) is 13.0 Å². The first-order valence-electron chi connectivity index (χ1n) is 3.79. The van der Waals surface area contributed by atoms with Gasteiger partial charge in [-0.15, -0.1) is 0 Å². The van der Waals surface area contributed by atoms with Crippen LogP contribution in [0.3, 0.4) is 0 Å². The van der Waals surface area contributed by atoms with Crippen molar-refractivity contribution in [3.8, 4) is 0 Å². The van der Waals surface area contributed by atoms with Crippen LogP contribution < -0.4 is 0 Å². The number of rotatable bonds is 1. The highest BCUT2D eigenvalue weighted by atomic mass is 16.2. The zero-order chi connectivity index (χ0) is 9.14. The highest BCUT2D eigenvalue weighted by Gasteiger charge is 2.13. The van der Waals surface area contributed by atoms with Gasteiger partial charge >= 0.3 is 0 Å². The summed E-state index contributed by atoms with van der Waals surface area (Å²) in [6.45, 7) is 3.37. The van der Waals surface area contributed by atoms with Gasteiger partial charge in [0.25, 0.3) is 0 Å². The summed E-state index contributed by atoms with van der Waals surface area (Å²) >= 11 is 0. The molecule has 1 atom stereocenters. The molecule has 3 heteroatoms. The summed E-state index contributed by atoms with van der Waals surface area (Å²) in [5, 5.41) is 0. The van der Waals surface area contributed by atoms with Crippen LogP contribution in [0.15, 0.2) is 24.0 Å². The van der Waals surface area contributed by atoms with Crippen molar-refractivity contribution in [1.82, 2.24) is 4.90 Å². The Morgan fingerprint density at radius 1 is 1.67 bits per heavy atom. The molecule has 1 rings (SSSR count). The van der Waals surface area contributed by atoms with Crippen molar-refractivity contribution in [3.63, 3.8) is 0 Å². The first-order valence-corrected chi connectivity index (χ1v) is 3.79. The van der Waals surface area contributed by atoms with E-state index in [4.69, 9.17) is 0 Å². The molecule has 0 N–H and O–H groups in total. The minimum atomic E-state index is -0.0856. The average molecular weight is 165 g/mol. The fraction of sp³-hybridized carbons (Fsp3) is 0.333. The van der Waals surface area contributed by atoms with E-state index in [1.165, 1.54) is 11.8 Å². The zero-order valence-corrected chi connectivity index (χ0v) is 7.15. The minimum Gasteiger partial charge on any atom is -0.298 e. The number of carbonyl (C=O) groups is 2. The van der Waals surface area contributed by atoms with Crippen molar-refractivity contribution in [2.24, 2.45) is 5.92 Å². The summed E-state index contributed by atoms with van der Waals surface area (Å²) in [4.78, 5) is 22.8. The summed E-state index contributed by atoms with van der Waals surface area (Å²) in [6.07, 6.45) is 5.86. The second-order valence-electron chi connectivity index (χ2n) is 2.80. The van der Waals surface area contributed by atoms with Gasteiger partial charge < -0.3 is 0 Å². The molecule has 0 radical (unpaired) electrons. The highest BCUT2D eigenvalue weighted by molar-refractivity contribution is 5.80. The van der Waals surface area contributed by atoms with Crippen LogP contribution in [0.4, 0.5) is 0 Å². The van der Waals surface area contributed by atoms with Gasteiger partial charge in [0, 0.05) is 30.8 Å². The number of hydrogen-bond donors (Lipinski definition) is 0. The Labute approximate surface area is 71.4 Å². The number of aldehydes is 1. The van der Waals surface area contributed by atoms with Gasteiger partial charge in [0.1, 0.15) is 6.29 Å². The Kier molecular flexibility index (Phi) is 2.43. The second kappa shape index (κ2) is 3.34. The van der Waals surface area contributed by atoms with Crippen LogP contribution in [0.5, 0.6) is 0 Å². The smallest absolute Gasteiger partial charge is 0.227 e. The minimum absolute atomic E-state index is 0.0856. The third kappa shape index (κ3) is 1.61. The number of amides is 1. The Morgan fingerprint density at radius 2 is 2.33 bits per heavy atom. The lowest BCUT2D eigenvalue weighted by molar-refractivity contribution is -0.124. The molecule has 64 valence electrons. The van der Waals surface area contributed by atoms with Gasteiger partial charge in [0.05, 0.1) is 0 Å². The number of carbonyl (C=O) groups excluding carboxylic acids is 2. The Balaban J connectivity index is 2.86. The number of hydrogen-bond acceptors (Lipinski definition) is 2. The standard InChI is InChI=1S/C9H11NO2/c1-7-3-4-10(8(2)12)5-9(7)6-11/h3-7H,1-2H3. The van der Waals surface area contributed by atoms with Crippen LogP contribution in [0, 0.1) is 5.92 Å². The van der Waals surface area contributed by atoms with Crippen LogP contribution in [0.25, 0.3) is 0 Å². The van der Waals surface area contributed by atoms with Crippen LogP contribution in [-0.2, 0) is 9.59 Å². The molecule has 3 nitrogen and oxygen atoms in total. The highest BCUT2D eigenvalue weighted by Crippen LogP contribution is 2.16.